The maximum atomic E-state index is 12.6. The second-order valence-electron chi connectivity index (χ2n) is 6.56. The summed E-state index contributed by atoms with van der Waals surface area (Å²) < 4.78 is 10.7. The van der Waals surface area contributed by atoms with Crippen LogP contribution >= 0.6 is 0 Å². The molecule has 5 nitrogen and oxygen atoms in total. The first-order valence-electron chi connectivity index (χ1n) is 10.2. The molecular weight excluding hydrogens is 318 g/mol. The van der Waals surface area contributed by atoms with Crippen LogP contribution in [0.25, 0.3) is 0 Å². The molecule has 0 fully saturated rings. The number of carbonyl (C=O) groups excluding carboxylic acids is 2. The molecule has 0 aliphatic heterocycles. The molecule has 0 aromatic heterocycles. The minimum atomic E-state index is -0.524. The smallest absolute Gasteiger partial charge is 0.323 e. The largest absolute Gasteiger partial charge is 0.466 e. The third kappa shape index (κ3) is 12.0. The summed E-state index contributed by atoms with van der Waals surface area (Å²) in [4.78, 5) is 26.9. The Bertz CT molecular complexity index is 339. The number of rotatable bonds is 16. The number of ether oxygens (including phenoxy) is 2. The molecule has 1 unspecified atom stereocenters. The van der Waals surface area contributed by atoms with E-state index in [1.807, 2.05) is 0 Å². The highest BCUT2D eigenvalue weighted by Crippen LogP contribution is 2.12. The quantitative estimate of drug-likeness (QED) is 0.304. The molecule has 1 atom stereocenters. The van der Waals surface area contributed by atoms with E-state index in [0.717, 1.165) is 64.5 Å². The van der Waals surface area contributed by atoms with Crippen LogP contribution in [0.2, 0.25) is 0 Å². The zero-order valence-corrected chi connectivity index (χ0v) is 16.8. The van der Waals surface area contributed by atoms with Crippen molar-refractivity contribution in [1.29, 1.82) is 0 Å². The van der Waals surface area contributed by atoms with E-state index in [1.165, 1.54) is 0 Å². The number of hydrogen-bond donors (Lipinski definition) is 0. The summed E-state index contributed by atoms with van der Waals surface area (Å²) in [6.07, 6.45) is 7.88. The van der Waals surface area contributed by atoms with Gasteiger partial charge >= 0.3 is 11.9 Å². The van der Waals surface area contributed by atoms with E-state index >= 15 is 0 Å². The predicted octanol–water partition coefficient (Wildman–Crippen LogP) is 4.33. The van der Waals surface area contributed by atoms with Crippen LogP contribution in [0.4, 0.5) is 0 Å². The first-order chi connectivity index (χ1) is 12.1. The molecule has 0 aliphatic rings. The van der Waals surface area contributed by atoms with E-state index in [9.17, 15) is 9.59 Å². The van der Waals surface area contributed by atoms with Crippen molar-refractivity contribution in [2.24, 2.45) is 0 Å². The number of nitrogens with zero attached hydrogens (tertiary/aromatic N) is 1. The van der Waals surface area contributed by atoms with Gasteiger partial charge in [0.1, 0.15) is 6.04 Å². The lowest BCUT2D eigenvalue weighted by molar-refractivity contribution is -0.157. The van der Waals surface area contributed by atoms with Crippen molar-refractivity contribution in [3.05, 3.63) is 0 Å². The molecule has 0 saturated carbocycles. The fraction of sp³-hybridized carbons (Fsp3) is 0.900. The highest BCUT2D eigenvalue weighted by atomic mass is 16.5. The second kappa shape index (κ2) is 16.4. The van der Waals surface area contributed by atoms with E-state index < -0.39 is 6.04 Å². The minimum Gasteiger partial charge on any atom is -0.466 e. The Morgan fingerprint density at radius 1 is 0.760 bits per heavy atom. The zero-order valence-electron chi connectivity index (χ0n) is 16.8. The number of hydrogen-bond acceptors (Lipinski definition) is 5. The summed E-state index contributed by atoms with van der Waals surface area (Å²) in [6.45, 7) is 10.9. The normalized spacial score (nSPS) is 12.2. The summed E-state index contributed by atoms with van der Waals surface area (Å²) in [5.74, 6) is -0.586. The maximum absolute atomic E-state index is 12.6. The third-order valence-corrected chi connectivity index (χ3v) is 4.17. The van der Waals surface area contributed by atoms with E-state index in [2.05, 4.69) is 32.6 Å². The summed E-state index contributed by atoms with van der Waals surface area (Å²) in [5, 5.41) is 0. The van der Waals surface area contributed by atoms with E-state index in [1.54, 1.807) is 0 Å². The molecule has 0 heterocycles. The van der Waals surface area contributed by atoms with Gasteiger partial charge in [-0.05, 0) is 38.8 Å². The van der Waals surface area contributed by atoms with Gasteiger partial charge in [0.2, 0.25) is 0 Å². The lowest BCUT2D eigenvalue weighted by Gasteiger charge is -2.29. The summed E-state index contributed by atoms with van der Waals surface area (Å²) in [5.41, 5.74) is 0. The van der Waals surface area contributed by atoms with Crippen LogP contribution in [0.3, 0.4) is 0 Å². The Labute approximate surface area is 154 Å². The van der Waals surface area contributed by atoms with Gasteiger partial charge in [-0.25, -0.2) is 0 Å². The Morgan fingerprint density at radius 3 is 1.72 bits per heavy atom. The van der Waals surface area contributed by atoms with Gasteiger partial charge in [0.05, 0.1) is 19.6 Å². The molecule has 0 radical (unpaired) electrons. The predicted molar refractivity (Wildman–Crippen MR) is 102 cm³/mol. The van der Waals surface area contributed by atoms with Crippen LogP contribution in [0.1, 0.15) is 85.5 Å². The molecule has 0 rings (SSSR count). The molecule has 0 amide bonds. The zero-order chi connectivity index (χ0) is 18.9. The maximum Gasteiger partial charge on any atom is 0.323 e. The monoisotopic (exact) mass is 357 g/mol. The summed E-state index contributed by atoms with van der Waals surface area (Å²) >= 11 is 0. The molecule has 0 bridgehead atoms. The average molecular weight is 358 g/mol. The van der Waals surface area contributed by atoms with Crippen molar-refractivity contribution in [2.45, 2.75) is 91.5 Å². The molecule has 5 heteroatoms. The Morgan fingerprint density at radius 2 is 1.24 bits per heavy atom. The van der Waals surface area contributed by atoms with Crippen LogP contribution in [0.15, 0.2) is 0 Å². The number of esters is 2. The molecule has 0 aliphatic carbocycles. The molecule has 25 heavy (non-hydrogen) atoms. The number of carbonyl (C=O) groups is 2. The summed E-state index contributed by atoms with van der Waals surface area (Å²) in [6, 6.07) is -0.524. The minimum absolute atomic E-state index is 0.0854. The standard InChI is InChI=1S/C20H39NO4/c1-5-9-13-21(14-10-6-2)18(20(23)25-16-12-8-4)17-19(22)24-15-11-7-3/h18H,5-17H2,1-4H3. The Hall–Kier alpha value is -1.10. The lowest BCUT2D eigenvalue weighted by Crippen LogP contribution is -2.45. The van der Waals surface area contributed by atoms with Gasteiger partial charge in [0.25, 0.3) is 0 Å². The SMILES string of the molecule is CCCCOC(=O)CC(C(=O)OCCCC)N(CCCC)CCCC. The van der Waals surface area contributed by atoms with Gasteiger partial charge in [-0.2, -0.15) is 0 Å². The molecule has 148 valence electrons. The lowest BCUT2D eigenvalue weighted by atomic mass is 10.1. The van der Waals surface area contributed by atoms with Gasteiger partial charge in [-0.15, -0.1) is 0 Å². The van der Waals surface area contributed by atoms with Crippen molar-refractivity contribution in [3.63, 3.8) is 0 Å². The molecule has 0 spiro atoms. The van der Waals surface area contributed by atoms with Crippen LogP contribution < -0.4 is 0 Å². The van der Waals surface area contributed by atoms with Crippen molar-refractivity contribution < 1.29 is 19.1 Å². The van der Waals surface area contributed by atoms with Crippen molar-refractivity contribution in [2.75, 3.05) is 26.3 Å². The van der Waals surface area contributed by atoms with Crippen LogP contribution in [-0.2, 0) is 19.1 Å². The van der Waals surface area contributed by atoms with Crippen molar-refractivity contribution >= 4 is 11.9 Å². The van der Waals surface area contributed by atoms with Gasteiger partial charge < -0.3 is 9.47 Å². The van der Waals surface area contributed by atoms with Crippen molar-refractivity contribution in [3.8, 4) is 0 Å². The van der Waals surface area contributed by atoms with Crippen LogP contribution in [-0.4, -0.2) is 49.2 Å². The fourth-order valence-electron chi connectivity index (χ4n) is 2.47. The highest BCUT2D eigenvalue weighted by Gasteiger charge is 2.29. The first-order valence-corrected chi connectivity index (χ1v) is 10.2. The van der Waals surface area contributed by atoms with E-state index in [4.69, 9.17) is 9.47 Å². The molecule has 0 N–H and O–H groups in total. The number of unbranched alkanes of at least 4 members (excludes halogenated alkanes) is 4. The highest BCUT2D eigenvalue weighted by molar-refractivity contribution is 5.82. The average Bonchev–Trinajstić information content (AvgIpc) is 2.60. The van der Waals surface area contributed by atoms with Gasteiger partial charge in [-0.3, -0.25) is 14.5 Å². The molecule has 0 aromatic carbocycles. The third-order valence-electron chi connectivity index (χ3n) is 4.17. The summed E-state index contributed by atoms with van der Waals surface area (Å²) in [7, 11) is 0. The fourth-order valence-corrected chi connectivity index (χ4v) is 2.47. The Kier molecular flexibility index (Phi) is 15.7. The van der Waals surface area contributed by atoms with Gasteiger partial charge in [-0.1, -0.05) is 53.4 Å². The Balaban J connectivity index is 4.89. The molecule has 0 aromatic rings. The van der Waals surface area contributed by atoms with Gasteiger partial charge in [0.15, 0.2) is 0 Å². The van der Waals surface area contributed by atoms with Crippen LogP contribution in [0.5, 0.6) is 0 Å². The molecule has 0 saturated heterocycles. The van der Waals surface area contributed by atoms with E-state index in [-0.39, 0.29) is 18.4 Å². The van der Waals surface area contributed by atoms with Gasteiger partial charge in [0, 0.05) is 0 Å². The van der Waals surface area contributed by atoms with Crippen LogP contribution in [0, 0.1) is 0 Å². The first kappa shape index (κ1) is 23.9. The van der Waals surface area contributed by atoms with Crippen molar-refractivity contribution in [1.82, 2.24) is 4.90 Å². The molecular formula is C20H39NO4. The topological polar surface area (TPSA) is 55.8 Å². The second-order valence-corrected chi connectivity index (χ2v) is 6.56. The van der Waals surface area contributed by atoms with E-state index in [0.29, 0.717) is 13.2 Å².